The van der Waals surface area contributed by atoms with E-state index in [1.54, 1.807) is 19.1 Å². The predicted molar refractivity (Wildman–Crippen MR) is 114 cm³/mol. The zero-order valence-corrected chi connectivity index (χ0v) is 17.8. The lowest BCUT2D eigenvalue weighted by Gasteiger charge is -2.15. The van der Waals surface area contributed by atoms with Gasteiger partial charge in [-0.1, -0.05) is 18.2 Å². The normalized spacial score (nSPS) is 11.6. The van der Waals surface area contributed by atoms with Crippen molar-refractivity contribution in [1.29, 1.82) is 0 Å². The summed E-state index contributed by atoms with van der Waals surface area (Å²) in [6.45, 7) is 5.39. The molecule has 3 aromatic rings. The molecular weight excluding hydrogens is 382 g/mol. The summed E-state index contributed by atoms with van der Waals surface area (Å²) in [5.74, 6) is -0.0696. The minimum atomic E-state index is -0.960. The highest BCUT2D eigenvalue weighted by Crippen LogP contribution is 2.26. The van der Waals surface area contributed by atoms with E-state index in [-0.39, 0.29) is 11.3 Å². The number of nitrogens with zero attached hydrogens (tertiary/aromatic N) is 1. The Morgan fingerprint density at radius 3 is 2.23 bits per heavy atom. The molecule has 0 N–H and O–H groups in total. The van der Waals surface area contributed by atoms with Crippen LogP contribution in [0.5, 0.6) is 11.5 Å². The van der Waals surface area contributed by atoms with Crippen LogP contribution in [0.2, 0.25) is 0 Å². The third-order valence-electron chi connectivity index (χ3n) is 4.99. The largest absolute Gasteiger partial charge is 0.497 e. The molecule has 30 heavy (non-hydrogen) atoms. The van der Waals surface area contributed by atoms with Crippen molar-refractivity contribution < 1.29 is 23.8 Å². The van der Waals surface area contributed by atoms with Crippen molar-refractivity contribution in [2.24, 2.45) is 0 Å². The maximum absolute atomic E-state index is 13.1. The minimum Gasteiger partial charge on any atom is -0.497 e. The van der Waals surface area contributed by atoms with Crippen molar-refractivity contribution in [3.8, 4) is 17.2 Å². The van der Waals surface area contributed by atoms with E-state index in [1.807, 2.05) is 54.8 Å². The van der Waals surface area contributed by atoms with Gasteiger partial charge in [0.2, 0.25) is 5.78 Å². The van der Waals surface area contributed by atoms with Gasteiger partial charge < -0.3 is 18.8 Å². The molecular formula is C24H25NO5. The average Bonchev–Trinajstić information content (AvgIpc) is 3.06. The lowest BCUT2D eigenvalue weighted by molar-refractivity contribution is 0.0315. The summed E-state index contributed by atoms with van der Waals surface area (Å²) in [6, 6.07) is 16.4. The van der Waals surface area contributed by atoms with Gasteiger partial charge in [-0.3, -0.25) is 4.79 Å². The van der Waals surface area contributed by atoms with Gasteiger partial charge in [0.25, 0.3) is 0 Å². The van der Waals surface area contributed by atoms with Crippen molar-refractivity contribution in [2.75, 3.05) is 14.2 Å². The number of aryl methyl sites for hydroxylation is 1. The average molecular weight is 407 g/mol. The first-order valence-electron chi connectivity index (χ1n) is 9.59. The summed E-state index contributed by atoms with van der Waals surface area (Å²) in [4.78, 5) is 25.8. The molecule has 1 heterocycles. The van der Waals surface area contributed by atoms with Gasteiger partial charge in [0, 0.05) is 22.6 Å². The van der Waals surface area contributed by atoms with Gasteiger partial charge in [0.05, 0.1) is 14.2 Å². The third kappa shape index (κ3) is 4.08. The second-order valence-corrected chi connectivity index (χ2v) is 6.93. The molecule has 156 valence electrons. The number of carbonyl (C=O) groups excluding carboxylic acids is 2. The molecule has 3 rings (SSSR count). The van der Waals surface area contributed by atoms with Crippen LogP contribution in [0.1, 0.15) is 39.0 Å². The fourth-order valence-electron chi connectivity index (χ4n) is 3.46. The molecule has 0 radical (unpaired) electrons. The van der Waals surface area contributed by atoms with Crippen molar-refractivity contribution in [2.45, 2.75) is 26.9 Å². The number of carbonyl (C=O) groups is 2. The summed E-state index contributed by atoms with van der Waals surface area (Å²) < 4.78 is 17.9. The first-order valence-corrected chi connectivity index (χ1v) is 9.59. The number of ether oxygens (including phenoxy) is 3. The first kappa shape index (κ1) is 21.2. The van der Waals surface area contributed by atoms with Crippen LogP contribution in [-0.2, 0) is 4.74 Å². The fraction of sp³-hybridized carbons (Fsp3) is 0.250. The second kappa shape index (κ2) is 8.86. The van der Waals surface area contributed by atoms with E-state index in [4.69, 9.17) is 14.2 Å². The Morgan fingerprint density at radius 2 is 1.60 bits per heavy atom. The SMILES string of the molecule is COc1ccc(OC)c(C(=O)O[C@H](C)C(=O)c2cc(C)n(-c3ccccc3)c2C)c1. The number of hydrogen-bond acceptors (Lipinski definition) is 5. The highest BCUT2D eigenvalue weighted by atomic mass is 16.5. The minimum absolute atomic E-state index is 0.200. The van der Waals surface area contributed by atoms with Gasteiger partial charge in [-0.25, -0.2) is 4.79 Å². The molecule has 1 atom stereocenters. The van der Waals surface area contributed by atoms with Crippen molar-refractivity contribution in [3.05, 3.63) is 77.1 Å². The molecule has 6 heteroatoms. The predicted octanol–water partition coefficient (Wildman–Crippen LogP) is 4.54. The van der Waals surface area contributed by atoms with Crippen LogP contribution in [-0.4, -0.2) is 36.6 Å². The molecule has 0 bridgehead atoms. The highest BCUT2D eigenvalue weighted by Gasteiger charge is 2.26. The Hall–Kier alpha value is -3.54. The summed E-state index contributed by atoms with van der Waals surface area (Å²) in [7, 11) is 2.97. The number of Topliss-reactive ketones (excluding diaryl/α,β-unsaturated/α-hetero) is 1. The van der Waals surface area contributed by atoms with Crippen LogP contribution in [0, 0.1) is 13.8 Å². The number of ketones is 1. The Labute approximate surface area is 176 Å². The van der Waals surface area contributed by atoms with Crippen LogP contribution in [0.25, 0.3) is 5.69 Å². The monoisotopic (exact) mass is 407 g/mol. The van der Waals surface area contributed by atoms with Crippen LogP contribution >= 0.6 is 0 Å². The Balaban J connectivity index is 1.84. The van der Waals surface area contributed by atoms with Gasteiger partial charge >= 0.3 is 5.97 Å². The van der Waals surface area contributed by atoms with Crippen LogP contribution in [0.4, 0.5) is 0 Å². The highest BCUT2D eigenvalue weighted by molar-refractivity contribution is 6.03. The van der Waals surface area contributed by atoms with Gasteiger partial charge in [0.1, 0.15) is 17.1 Å². The standard InChI is InChI=1S/C24H25NO5/c1-15-13-20(16(2)25(15)18-9-7-6-8-10-18)23(26)17(3)30-24(27)21-14-19(28-4)11-12-22(21)29-5/h6-14,17H,1-5H3/t17-/m1/s1. The molecule has 0 unspecified atom stereocenters. The van der Waals surface area contributed by atoms with E-state index >= 15 is 0 Å². The number of para-hydroxylation sites is 1. The van der Waals surface area contributed by atoms with Gasteiger partial charge in [-0.2, -0.15) is 0 Å². The van der Waals surface area contributed by atoms with E-state index in [0.29, 0.717) is 17.1 Å². The number of methoxy groups -OCH3 is 2. The number of benzene rings is 2. The molecule has 0 amide bonds. The summed E-state index contributed by atoms with van der Waals surface area (Å²) in [5.41, 5.74) is 3.42. The Morgan fingerprint density at radius 1 is 0.900 bits per heavy atom. The molecule has 2 aromatic carbocycles. The van der Waals surface area contributed by atoms with E-state index in [0.717, 1.165) is 17.1 Å². The smallest absolute Gasteiger partial charge is 0.342 e. The number of esters is 1. The summed E-state index contributed by atoms with van der Waals surface area (Å²) >= 11 is 0. The molecule has 0 fully saturated rings. The van der Waals surface area contributed by atoms with Crippen molar-refractivity contribution in [1.82, 2.24) is 4.57 Å². The number of aromatic nitrogens is 1. The van der Waals surface area contributed by atoms with Crippen LogP contribution < -0.4 is 9.47 Å². The fourth-order valence-corrected chi connectivity index (χ4v) is 3.46. The second-order valence-electron chi connectivity index (χ2n) is 6.93. The molecule has 0 saturated carbocycles. The van der Waals surface area contributed by atoms with Crippen LogP contribution in [0.15, 0.2) is 54.6 Å². The zero-order valence-electron chi connectivity index (χ0n) is 17.8. The molecule has 0 aliphatic heterocycles. The van der Waals surface area contributed by atoms with E-state index in [9.17, 15) is 9.59 Å². The third-order valence-corrected chi connectivity index (χ3v) is 4.99. The summed E-state index contributed by atoms with van der Waals surface area (Å²) in [5, 5.41) is 0. The molecule has 0 aliphatic carbocycles. The maximum atomic E-state index is 13.1. The maximum Gasteiger partial charge on any atom is 0.342 e. The quantitative estimate of drug-likeness (QED) is 0.425. The number of hydrogen-bond donors (Lipinski definition) is 0. The lowest BCUT2D eigenvalue weighted by atomic mass is 10.1. The van der Waals surface area contributed by atoms with Gasteiger partial charge in [-0.05, 0) is 57.2 Å². The molecule has 0 spiro atoms. The molecule has 6 nitrogen and oxygen atoms in total. The van der Waals surface area contributed by atoms with Crippen molar-refractivity contribution >= 4 is 11.8 Å². The van der Waals surface area contributed by atoms with E-state index in [1.165, 1.54) is 20.3 Å². The summed E-state index contributed by atoms with van der Waals surface area (Å²) in [6.07, 6.45) is -0.960. The Kier molecular flexibility index (Phi) is 6.26. The molecule has 0 aliphatic rings. The van der Waals surface area contributed by atoms with E-state index in [2.05, 4.69) is 0 Å². The topological polar surface area (TPSA) is 66.8 Å². The molecule has 0 saturated heterocycles. The number of rotatable bonds is 7. The van der Waals surface area contributed by atoms with Crippen LogP contribution in [0.3, 0.4) is 0 Å². The molecule has 1 aromatic heterocycles. The van der Waals surface area contributed by atoms with E-state index < -0.39 is 12.1 Å². The van der Waals surface area contributed by atoms with Gasteiger partial charge in [-0.15, -0.1) is 0 Å². The Bertz CT molecular complexity index is 1070. The lowest BCUT2D eigenvalue weighted by Crippen LogP contribution is -2.25. The first-order chi connectivity index (χ1) is 14.4. The zero-order chi connectivity index (χ0) is 21.8. The van der Waals surface area contributed by atoms with Crippen molar-refractivity contribution in [3.63, 3.8) is 0 Å². The van der Waals surface area contributed by atoms with Gasteiger partial charge in [0.15, 0.2) is 6.10 Å².